The first-order valence-corrected chi connectivity index (χ1v) is 12.3. The molecule has 0 fully saturated rings. The van der Waals surface area contributed by atoms with E-state index in [1.54, 1.807) is 52.0 Å². The summed E-state index contributed by atoms with van der Waals surface area (Å²) in [5.41, 5.74) is 3.79. The summed E-state index contributed by atoms with van der Waals surface area (Å²) >= 11 is 0. The van der Waals surface area contributed by atoms with Crippen molar-refractivity contribution in [3.05, 3.63) is 113 Å². The Balaban J connectivity index is 1.52. The molecule has 0 saturated heterocycles. The van der Waals surface area contributed by atoms with Crippen LogP contribution in [0.3, 0.4) is 0 Å². The van der Waals surface area contributed by atoms with E-state index in [4.69, 9.17) is 4.74 Å². The Morgan fingerprint density at radius 3 is 2.39 bits per heavy atom. The SMILES string of the molecule is Cc1cc(C(=O)Nc2cc(Cc3ccccc3)ccc2F)n(-c2cccc(CNC(=O)OC(C)(C)C)c2)n1. The maximum Gasteiger partial charge on any atom is 0.407 e. The molecule has 8 heteroatoms. The van der Waals surface area contributed by atoms with E-state index in [1.807, 2.05) is 48.5 Å². The van der Waals surface area contributed by atoms with Gasteiger partial charge in [0.05, 0.1) is 17.1 Å². The topological polar surface area (TPSA) is 85.2 Å². The average Bonchev–Trinajstić information content (AvgIpc) is 3.26. The van der Waals surface area contributed by atoms with Crippen LogP contribution in [0.25, 0.3) is 5.69 Å². The van der Waals surface area contributed by atoms with E-state index in [9.17, 15) is 14.0 Å². The molecular formula is C30H31FN4O3. The largest absolute Gasteiger partial charge is 0.444 e. The van der Waals surface area contributed by atoms with Crippen LogP contribution < -0.4 is 10.6 Å². The summed E-state index contributed by atoms with van der Waals surface area (Å²) in [5, 5.41) is 9.90. The molecule has 0 saturated carbocycles. The minimum atomic E-state index is -0.596. The number of aromatic nitrogens is 2. The Hall–Kier alpha value is -4.46. The fourth-order valence-electron chi connectivity index (χ4n) is 3.94. The number of nitrogens with one attached hydrogen (secondary N) is 2. The van der Waals surface area contributed by atoms with E-state index in [-0.39, 0.29) is 17.9 Å². The molecule has 4 rings (SSSR count). The quantitative estimate of drug-likeness (QED) is 0.308. The number of alkyl carbamates (subject to hydrolysis) is 1. The number of amides is 2. The van der Waals surface area contributed by atoms with Gasteiger partial charge >= 0.3 is 6.09 Å². The maximum absolute atomic E-state index is 14.6. The zero-order valence-corrected chi connectivity index (χ0v) is 21.9. The van der Waals surface area contributed by atoms with Gasteiger partial charge in [-0.15, -0.1) is 0 Å². The number of ether oxygens (including phenoxy) is 1. The van der Waals surface area contributed by atoms with Gasteiger partial charge in [-0.1, -0.05) is 48.5 Å². The van der Waals surface area contributed by atoms with Crippen molar-refractivity contribution in [2.24, 2.45) is 0 Å². The van der Waals surface area contributed by atoms with E-state index in [1.165, 1.54) is 10.7 Å². The average molecular weight is 515 g/mol. The number of nitrogens with zero attached hydrogens (tertiary/aromatic N) is 2. The Morgan fingerprint density at radius 2 is 1.66 bits per heavy atom. The fraction of sp³-hybridized carbons (Fsp3) is 0.233. The molecule has 0 aliphatic heterocycles. The number of carbonyl (C=O) groups excluding carboxylic acids is 2. The van der Waals surface area contributed by atoms with Gasteiger partial charge in [0.15, 0.2) is 0 Å². The third-order valence-electron chi connectivity index (χ3n) is 5.59. The number of aryl methyl sites for hydroxylation is 1. The highest BCUT2D eigenvalue weighted by molar-refractivity contribution is 6.03. The van der Waals surface area contributed by atoms with Crippen LogP contribution in [0.5, 0.6) is 0 Å². The van der Waals surface area contributed by atoms with Gasteiger partial charge in [-0.05, 0) is 81.1 Å². The smallest absolute Gasteiger partial charge is 0.407 e. The predicted octanol–water partition coefficient (Wildman–Crippen LogP) is 6.19. The van der Waals surface area contributed by atoms with Gasteiger partial charge in [-0.25, -0.2) is 13.9 Å². The van der Waals surface area contributed by atoms with E-state index in [0.717, 1.165) is 16.7 Å². The van der Waals surface area contributed by atoms with E-state index >= 15 is 0 Å². The lowest BCUT2D eigenvalue weighted by molar-refractivity contribution is 0.0523. The van der Waals surface area contributed by atoms with Crippen molar-refractivity contribution in [2.45, 2.75) is 46.3 Å². The zero-order valence-electron chi connectivity index (χ0n) is 21.9. The summed E-state index contributed by atoms with van der Waals surface area (Å²) in [7, 11) is 0. The number of carbonyl (C=O) groups is 2. The molecule has 1 heterocycles. The molecule has 0 bridgehead atoms. The summed E-state index contributed by atoms with van der Waals surface area (Å²) in [6, 6.07) is 23.5. The first-order valence-electron chi connectivity index (χ1n) is 12.3. The van der Waals surface area contributed by atoms with Gasteiger partial charge in [0.2, 0.25) is 0 Å². The van der Waals surface area contributed by atoms with Crippen LogP contribution in [0, 0.1) is 12.7 Å². The molecule has 1 aromatic heterocycles. The molecule has 7 nitrogen and oxygen atoms in total. The Kier molecular flexibility index (Phi) is 7.90. The molecule has 0 unspecified atom stereocenters. The van der Waals surface area contributed by atoms with Crippen LogP contribution >= 0.6 is 0 Å². The second-order valence-corrected chi connectivity index (χ2v) is 10.0. The second-order valence-electron chi connectivity index (χ2n) is 10.0. The molecule has 38 heavy (non-hydrogen) atoms. The third-order valence-corrected chi connectivity index (χ3v) is 5.59. The number of benzene rings is 3. The molecule has 3 aromatic carbocycles. The Morgan fingerprint density at radius 1 is 0.921 bits per heavy atom. The van der Waals surface area contributed by atoms with Crippen molar-refractivity contribution in [1.82, 2.24) is 15.1 Å². The highest BCUT2D eigenvalue weighted by Crippen LogP contribution is 2.21. The van der Waals surface area contributed by atoms with Crippen molar-refractivity contribution in [3.63, 3.8) is 0 Å². The Labute approximate surface area is 221 Å². The van der Waals surface area contributed by atoms with E-state index in [2.05, 4.69) is 15.7 Å². The highest BCUT2D eigenvalue weighted by Gasteiger charge is 2.19. The standard InChI is InChI=1S/C30H31FN4O3/c1-20-15-27(28(36)33-26-18-22(13-14-25(26)31)16-21-9-6-5-7-10-21)35(34-20)24-12-8-11-23(17-24)19-32-29(37)38-30(2,3)4/h5-15,17-18H,16,19H2,1-4H3,(H,32,37)(H,33,36). The number of anilines is 1. The number of hydrogen-bond donors (Lipinski definition) is 2. The number of halogens is 1. The molecule has 2 N–H and O–H groups in total. The minimum absolute atomic E-state index is 0.101. The molecule has 0 spiro atoms. The summed E-state index contributed by atoms with van der Waals surface area (Å²) in [6.07, 6.45) is 0.0972. The monoisotopic (exact) mass is 514 g/mol. The summed E-state index contributed by atoms with van der Waals surface area (Å²) < 4.78 is 21.4. The number of rotatable bonds is 7. The molecule has 4 aromatic rings. The molecule has 0 atom stereocenters. The lowest BCUT2D eigenvalue weighted by Crippen LogP contribution is -2.32. The highest BCUT2D eigenvalue weighted by atomic mass is 19.1. The fourth-order valence-corrected chi connectivity index (χ4v) is 3.94. The predicted molar refractivity (Wildman–Crippen MR) is 145 cm³/mol. The lowest BCUT2D eigenvalue weighted by atomic mass is 10.0. The first-order chi connectivity index (χ1) is 18.1. The van der Waals surface area contributed by atoms with Crippen LogP contribution in [0.15, 0.2) is 78.9 Å². The molecule has 196 valence electrons. The van der Waals surface area contributed by atoms with Crippen molar-refractivity contribution in [3.8, 4) is 5.69 Å². The molecule has 0 aliphatic carbocycles. The van der Waals surface area contributed by atoms with Gasteiger partial charge < -0.3 is 15.4 Å². The minimum Gasteiger partial charge on any atom is -0.444 e. The zero-order chi connectivity index (χ0) is 27.3. The summed E-state index contributed by atoms with van der Waals surface area (Å²) in [6.45, 7) is 7.41. The van der Waals surface area contributed by atoms with Gasteiger partial charge in [-0.2, -0.15) is 5.10 Å². The van der Waals surface area contributed by atoms with Crippen molar-refractivity contribution in [1.29, 1.82) is 0 Å². The van der Waals surface area contributed by atoms with Crippen molar-refractivity contribution in [2.75, 3.05) is 5.32 Å². The third kappa shape index (κ3) is 7.06. The molecule has 0 radical (unpaired) electrons. The van der Waals surface area contributed by atoms with Crippen LogP contribution in [0.1, 0.15) is 53.6 Å². The van der Waals surface area contributed by atoms with E-state index in [0.29, 0.717) is 17.8 Å². The van der Waals surface area contributed by atoms with Gasteiger partial charge in [0.1, 0.15) is 17.1 Å². The molecule has 2 amide bonds. The Bertz CT molecular complexity index is 1440. The molecule has 0 aliphatic rings. The normalized spacial score (nSPS) is 11.2. The van der Waals surface area contributed by atoms with Gasteiger partial charge in [0.25, 0.3) is 5.91 Å². The van der Waals surface area contributed by atoms with Crippen molar-refractivity contribution >= 4 is 17.7 Å². The van der Waals surface area contributed by atoms with Gasteiger partial charge in [0, 0.05) is 6.54 Å². The van der Waals surface area contributed by atoms with E-state index < -0.39 is 23.4 Å². The maximum atomic E-state index is 14.6. The van der Waals surface area contributed by atoms with Crippen LogP contribution in [-0.4, -0.2) is 27.4 Å². The molecular weight excluding hydrogens is 483 g/mol. The van der Waals surface area contributed by atoms with Gasteiger partial charge in [-0.3, -0.25) is 4.79 Å². The first kappa shape index (κ1) is 26.6. The van der Waals surface area contributed by atoms with Crippen LogP contribution in [-0.2, 0) is 17.7 Å². The second kappa shape index (κ2) is 11.3. The summed E-state index contributed by atoms with van der Waals surface area (Å²) in [4.78, 5) is 25.3. The van der Waals surface area contributed by atoms with Crippen molar-refractivity contribution < 1.29 is 18.7 Å². The summed E-state index contributed by atoms with van der Waals surface area (Å²) in [5.74, 6) is -1.01. The number of hydrogen-bond acceptors (Lipinski definition) is 4. The van der Waals surface area contributed by atoms with Crippen LogP contribution in [0.4, 0.5) is 14.9 Å². The lowest BCUT2D eigenvalue weighted by Gasteiger charge is -2.19. The van der Waals surface area contributed by atoms with Crippen LogP contribution in [0.2, 0.25) is 0 Å².